The van der Waals surface area contributed by atoms with Crippen molar-refractivity contribution in [2.75, 3.05) is 13.2 Å². The van der Waals surface area contributed by atoms with Gasteiger partial charge in [0.2, 0.25) is 0 Å². The molecule has 0 aliphatic heterocycles. The summed E-state index contributed by atoms with van der Waals surface area (Å²) in [5.41, 5.74) is 0. The molecule has 0 unspecified atom stereocenters. The molecule has 0 heterocycles. The van der Waals surface area contributed by atoms with E-state index in [1.165, 1.54) is 57.8 Å². The van der Waals surface area contributed by atoms with Gasteiger partial charge in [-0.15, -0.1) is 0 Å². The highest BCUT2D eigenvalue weighted by atomic mass is 16.3. The Kier molecular flexibility index (Phi) is 12.9. The fourth-order valence-electron chi connectivity index (χ4n) is 2.08. The molecule has 0 atom stereocenters. The van der Waals surface area contributed by atoms with Crippen LogP contribution in [0.25, 0.3) is 0 Å². The van der Waals surface area contributed by atoms with Gasteiger partial charge in [-0.2, -0.15) is 0 Å². The van der Waals surface area contributed by atoms with E-state index in [-0.39, 0.29) is 13.2 Å². The van der Waals surface area contributed by atoms with Gasteiger partial charge >= 0.3 is 0 Å². The normalized spacial score (nSPS) is 19.7. The van der Waals surface area contributed by atoms with E-state index in [1.54, 1.807) is 0 Å². The third kappa shape index (κ3) is 12.0. The van der Waals surface area contributed by atoms with Crippen molar-refractivity contribution in [2.24, 2.45) is 5.92 Å². The van der Waals surface area contributed by atoms with Crippen LogP contribution >= 0.6 is 0 Å². The average molecular weight is 230 g/mol. The quantitative estimate of drug-likeness (QED) is 0.762. The summed E-state index contributed by atoms with van der Waals surface area (Å²) in [5, 5.41) is 15.8. The molecule has 0 aromatic heterocycles. The van der Waals surface area contributed by atoms with E-state index < -0.39 is 0 Å². The molecule has 1 aliphatic rings. The minimum atomic E-state index is 0.0938. The molecule has 1 fully saturated rings. The summed E-state index contributed by atoms with van der Waals surface area (Å²) in [6.45, 7) is 2.61. The van der Waals surface area contributed by atoms with E-state index in [1.807, 2.05) is 0 Å². The Labute approximate surface area is 101 Å². The molecule has 0 bridgehead atoms. The topological polar surface area (TPSA) is 40.5 Å². The Bertz CT molecular complexity index is 114. The third-order valence-electron chi connectivity index (χ3n) is 3.21. The van der Waals surface area contributed by atoms with Gasteiger partial charge < -0.3 is 10.2 Å². The molecule has 2 heteroatoms. The Morgan fingerprint density at radius 3 is 1.44 bits per heavy atom. The number of hydrogen-bond acceptors (Lipinski definition) is 2. The number of aliphatic hydroxyl groups is 2. The van der Waals surface area contributed by atoms with Gasteiger partial charge in [0.15, 0.2) is 0 Å². The number of aliphatic hydroxyl groups excluding tert-OH is 2. The van der Waals surface area contributed by atoms with E-state index in [2.05, 4.69) is 6.92 Å². The van der Waals surface area contributed by atoms with Gasteiger partial charge in [-0.1, -0.05) is 64.7 Å². The summed E-state index contributed by atoms with van der Waals surface area (Å²) in [7, 11) is 0. The first kappa shape index (κ1) is 15.9. The maximum absolute atomic E-state index is 7.91. The van der Waals surface area contributed by atoms with Crippen LogP contribution in [0.15, 0.2) is 0 Å². The van der Waals surface area contributed by atoms with Gasteiger partial charge in [0.1, 0.15) is 0 Å². The van der Waals surface area contributed by atoms with Crippen LogP contribution in [0.4, 0.5) is 0 Å². The van der Waals surface area contributed by atoms with Crippen molar-refractivity contribution in [3.05, 3.63) is 0 Å². The van der Waals surface area contributed by atoms with E-state index in [4.69, 9.17) is 10.2 Å². The lowest BCUT2D eigenvalue weighted by Crippen LogP contribution is -1.96. The molecular weight excluding hydrogens is 200 g/mol. The number of hydrogen-bond donors (Lipinski definition) is 2. The van der Waals surface area contributed by atoms with Crippen molar-refractivity contribution in [3.8, 4) is 0 Å². The molecular formula is C14H30O2. The van der Waals surface area contributed by atoms with Crippen LogP contribution in [0.2, 0.25) is 0 Å². The molecule has 0 aromatic carbocycles. The summed E-state index contributed by atoms with van der Waals surface area (Å²) in [4.78, 5) is 0. The van der Waals surface area contributed by atoms with Gasteiger partial charge in [0.25, 0.3) is 0 Å². The van der Waals surface area contributed by atoms with Crippen LogP contribution in [0.5, 0.6) is 0 Å². The fraction of sp³-hybridized carbons (Fsp3) is 1.00. The Morgan fingerprint density at radius 2 is 1.12 bits per heavy atom. The Morgan fingerprint density at radius 1 is 0.750 bits per heavy atom. The minimum Gasteiger partial charge on any atom is -0.396 e. The van der Waals surface area contributed by atoms with Gasteiger partial charge in [-0.25, -0.2) is 0 Å². The lowest BCUT2D eigenvalue weighted by atomic mass is 9.94. The first-order valence-electron chi connectivity index (χ1n) is 7.03. The van der Waals surface area contributed by atoms with E-state index in [0.717, 1.165) is 5.92 Å². The Balaban J connectivity index is 0.000000385. The second kappa shape index (κ2) is 13.0. The van der Waals surface area contributed by atoms with E-state index in [9.17, 15) is 0 Å². The molecule has 0 radical (unpaired) electrons. The van der Waals surface area contributed by atoms with E-state index >= 15 is 0 Å². The predicted molar refractivity (Wildman–Crippen MR) is 69.5 cm³/mol. The highest BCUT2D eigenvalue weighted by Gasteiger charge is 2.03. The van der Waals surface area contributed by atoms with Crippen molar-refractivity contribution < 1.29 is 10.2 Å². The zero-order chi connectivity index (χ0) is 12.1. The predicted octanol–water partition coefficient (Wildman–Crippen LogP) is 3.51. The van der Waals surface area contributed by atoms with Crippen molar-refractivity contribution in [1.29, 1.82) is 0 Å². The van der Waals surface area contributed by atoms with Crippen molar-refractivity contribution in [1.82, 2.24) is 0 Å². The van der Waals surface area contributed by atoms with Gasteiger partial charge in [-0.05, 0) is 12.3 Å². The summed E-state index contributed by atoms with van der Waals surface area (Å²) < 4.78 is 0. The maximum Gasteiger partial charge on any atom is 0.0452 e. The molecule has 1 saturated carbocycles. The smallest absolute Gasteiger partial charge is 0.0452 e. The molecule has 1 rings (SSSR count). The van der Waals surface area contributed by atoms with E-state index in [0.29, 0.717) is 6.42 Å². The third-order valence-corrected chi connectivity index (χ3v) is 3.21. The lowest BCUT2D eigenvalue weighted by Gasteiger charge is -2.12. The number of rotatable bonds is 2. The van der Waals surface area contributed by atoms with Crippen LogP contribution in [0, 0.1) is 5.92 Å². The standard InChI is InChI=1S/C11H22.C3H8O2/c1-11-9-7-5-3-2-4-6-8-10-11;4-2-1-3-5/h11H,2-10H2,1H3;4-5H,1-3H2. The highest BCUT2D eigenvalue weighted by molar-refractivity contribution is 4.57. The molecule has 0 aromatic rings. The van der Waals surface area contributed by atoms with Crippen LogP contribution in [0.3, 0.4) is 0 Å². The van der Waals surface area contributed by atoms with Crippen molar-refractivity contribution >= 4 is 0 Å². The zero-order valence-electron chi connectivity index (χ0n) is 11.0. The Hall–Kier alpha value is -0.0800. The minimum absolute atomic E-state index is 0.0938. The molecule has 1 aliphatic carbocycles. The summed E-state index contributed by atoms with van der Waals surface area (Å²) in [6.07, 6.45) is 13.9. The first-order chi connectivity index (χ1) is 7.81. The first-order valence-corrected chi connectivity index (χ1v) is 7.03. The fourth-order valence-corrected chi connectivity index (χ4v) is 2.08. The lowest BCUT2D eigenvalue weighted by molar-refractivity contribution is 0.221. The highest BCUT2D eigenvalue weighted by Crippen LogP contribution is 2.20. The molecule has 0 amide bonds. The molecule has 0 spiro atoms. The monoisotopic (exact) mass is 230 g/mol. The SMILES string of the molecule is CC1CCCCCCCCC1.OCCCO. The molecule has 16 heavy (non-hydrogen) atoms. The zero-order valence-corrected chi connectivity index (χ0v) is 11.0. The molecule has 2 N–H and O–H groups in total. The largest absolute Gasteiger partial charge is 0.396 e. The van der Waals surface area contributed by atoms with Crippen LogP contribution < -0.4 is 0 Å². The average Bonchev–Trinajstić information content (AvgIpc) is 2.29. The van der Waals surface area contributed by atoms with Gasteiger partial charge in [-0.3, -0.25) is 0 Å². The van der Waals surface area contributed by atoms with Crippen molar-refractivity contribution in [3.63, 3.8) is 0 Å². The molecule has 98 valence electrons. The maximum atomic E-state index is 7.91. The van der Waals surface area contributed by atoms with Gasteiger partial charge in [0.05, 0.1) is 0 Å². The van der Waals surface area contributed by atoms with Crippen LogP contribution in [-0.2, 0) is 0 Å². The summed E-state index contributed by atoms with van der Waals surface area (Å²) >= 11 is 0. The van der Waals surface area contributed by atoms with Crippen LogP contribution in [-0.4, -0.2) is 23.4 Å². The van der Waals surface area contributed by atoms with Gasteiger partial charge in [0, 0.05) is 13.2 Å². The second-order valence-corrected chi connectivity index (χ2v) is 4.96. The summed E-state index contributed by atoms with van der Waals surface area (Å²) in [6, 6.07) is 0. The van der Waals surface area contributed by atoms with Crippen molar-refractivity contribution in [2.45, 2.75) is 71.1 Å². The molecule has 2 nitrogen and oxygen atoms in total. The summed E-state index contributed by atoms with van der Waals surface area (Å²) in [5.74, 6) is 1.01. The van der Waals surface area contributed by atoms with Crippen LogP contribution in [0.1, 0.15) is 71.1 Å². The second-order valence-electron chi connectivity index (χ2n) is 4.96. The molecule has 0 saturated heterocycles.